The molecule has 0 fully saturated rings. The molecule has 6 nitrogen and oxygen atoms in total. The second kappa shape index (κ2) is 7.16. The van der Waals surface area contributed by atoms with Crippen LogP contribution in [0, 0.1) is 11.6 Å². The number of rotatable bonds is 4. The first-order chi connectivity index (χ1) is 16.9. The molecule has 4 aromatic rings. The van der Waals surface area contributed by atoms with Gasteiger partial charge in [-0.1, -0.05) is 0 Å². The molecule has 0 unspecified atom stereocenters. The van der Waals surface area contributed by atoms with Crippen LogP contribution in [0.3, 0.4) is 0 Å². The molecule has 1 aliphatic heterocycles. The smallest absolute Gasteiger partial charge is 0.256 e. The number of carbonyl (C=O) groups is 1. The molecule has 0 atom stereocenters. The van der Waals surface area contributed by atoms with Crippen LogP contribution in [0.1, 0.15) is 28.5 Å². The summed E-state index contributed by atoms with van der Waals surface area (Å²) < 4.78 is 76.3. The summed E-state index contributed by atoms with van der Waals surface area (Å²) in [7, 11) is 1.37. The van der Waals surface area contributed by atoms with Gasteiger partial charge in [-0.2, -0.15) is 5.10 Å². The third kappa shape index (κ3) is 3.02. The van der Waals surface area contributed by atoms with Crippen LogP contribution in [0.5, 0.6) is 5.75 Å². The van der Waals surface area contributed by atoms with Crippen molar-refractivity contribution < 1.29 is 25.2 Å². The Balaban J connectivity index is 1.57. The van der Waals surface area contributed by atoms with E-state index in [4.69, 9.17) is 11.6 Å². The van der Waals surface area contributed by atoms with Crippen molar-refractivity contribution in [3.05, 3.63) is 77.2 Å². The van der Waals surface area contributed by atoms with E-state index in [1.165, 1.54) is 43.8 Å². The largest absolute Gasteiger partial charge is 0.494 e. The standard InChI is InChI=1S/C23H18F2N4O2/c1-28-22-16(10-27-28)14(5-6-21(22)31-2)13-8-18(24)17(19(25)9-13)11-29-12-20-15(23(29)30)4-3-7-26-20/h3-10H,11-12H2,1-2H3/i1D3,12D2. The molecule has 1 amide bonds. The van der Waals surface area contributed by atoms with Crippen LogP contribution in [0.2, 0.25) is 0 Å². The summed E-state index contributed by atoms with van der Waals surface area (Å²) in [6.45, 7) is -5.62. The molecule has 5 rings (SSSR count). The van der Waals surface area contributed by atoms with Crippen LogP contribution in [0.4, 0.5) is 8.78 Å². The highest BCUT2D eigenvalue weighted by atomic mass is 19.1. The quantitative estimate of drug-likeness (QED) is 0.494. The first-order valence-corrected chi connectivity index (χ1v) is 9.26. The highest BCUT2D eigenvalue weighted by molar-refractivity contribution is 5.98. The molecule has 2 aromatic carbocycles. The number of halogens is 2. The van der Waals surface area contributed by atoms with Crippen molar-refractivity contribution in [2.75, 3.05) is 7.11 Å². The molecule has 156 valence electrons. The van der Waals surface area contributed by atoms with Gasteiger partial charge in [0.1, 0.15) is 22.9 Å². The Morgan fingerprint density at radius 1 is 1.23 bits per heavy atom. The first kappa shape index (κ1) is 14.2. The van der Waals surface area contributed by atoms with E-state index in [9.17, 15) is 4.79 Å². The van der Waals surface area contributed by atoms with E-state index < -0.39 is 43.1 Å². The number of aromatic nitrogens is 3. The fourth-order valence-corrected chi connectivity index (χ4v) is 3.70. The van der Waals surface area contributed by atoms with Crippen molar-refractivity contribution in [1.29, 1.82) is 0 Å². The highest BCUT2D eigenvalue weighted by Crippen LogP contribution is 2.35. The molecule has 0 spiro atoms. The number of benzene rings is 2. The fraction of sp³-hybridized carbons (Fsp3) is 0.174. The van der Waals surface area contributed by atoms with Crippen LogP contribution >= 0.6 is 0 Å². The van der Waals surface area contributed by atoms with Gasteiger partial charge in [-0.25, -0.2) is 8.78 Å². The summed E-state index contributed by atoms with van der Waals surface area (Å²) in [4.78, 5) is 17.4. The lowest BCUT2D eigenvalue weighted by molar-refractivity contribution is 0.0763. The molecular weight excluding hydrogens is 402 g/mol. The molecule has 0 saturated carbocycles. The number of hydrogen-bond acceptors (Lipinski definition) is 4. The van der Waals surface area contributed by atoms with Crippen LogP contribution in [0.15, 0.2) is 48.8 Å². The van der Waals surface area contributed by atoms with Crippen molar-refractivity contribution in [2.45, 2.75) is 13.0 Å². The Bertz CT molecular complexity index is 1510. The summed E-state index contributed by atoms with van der Waals surface area (Å²) >= 11 is 0. The summed E-state index contributed by atoms with van der Waals surface area (Å²) in [5.74, 6) is -2.49. The lowest BCUT2D eigenvalue weighted by Crippen LogP contribution is -2.24. The van der Waals surface area contributed by atoms with Gasteiger partial charge < -0.3 is 9.64 Å². The number of methoxy groups -OCH3 is 1. The molecule has 3 heterocycles. The van der Waals surface area contributed by atoms with E-state index in [0.717, 1.165) is 21.7 Å². The Morgan fingerprint density at radius 2 is 2.03 bits per heavy atom. The molecular formula is C23H18F2N4O2. The van der Waals surface area contributed by atoms with Gasteiger partial charge in [0.2, 0.25) is 0 Å². The van der Waals surface area contributed by atoms with E-state index in [1.54, 1.807) is 0 Å². The number of hydrogen-bond donors (Lipinski definition) is 0. The molecule has 0 aliphatic carbocycles. The van der Waals surface area contributed by atoms with Crippen molar-refractivity contribution >= 4 is 16.8 Å². The van der Waals surface area contributed by atoms with Crippen molar-refractivity contribution in [3.8, 4) is 16.9 Å². The van der Waals surface area contributed by atoms with Crippen LogP contribution in [0.25, 0.3) is 22.0 Å². The predicted molar refractivity (Wildman–Crippen MR) is 110 cm³/mol. The number of nitrogens with zero attached hydrogens (tertiary/aromatic N) is 4. The van der Waals surface area contributed by atoms with Gasteiger partial charge in [-0.05, 0) is 47.5 Å². The molecule has 31 heavy (non-hydrogen) atoms. The average molecular weight is 425 g/mol. The molecule has 0 radical (unpaired) electrons. The number of carbonyl (C=O) groups excluding carboxylic acids is 1. The zero-order valence-corrected chi connectivity index (χ0v) is 16.2. The topological polar surface area (TPSA) is 60.3 Å². The summed E-state index contributed by atoms with van der Waals surface area (Å²) in [6, 6.07) is 8.00. The summed E-state index contributed by atoms with van der Waals surface area (Å²) in [6.07, 6.45) is 2.62. The van der Waals surface area contributed by atoms with Gasteiger partial charge in [0, 0.05) is 28.2 Å². The minimum Gasteiger partial charge on any atom is -0.494 e. The van der Waals surface area contributed by atoms with Crippen molar-refractivity contribution in [3.63, 3.8) is 0 Å². The van der Waals surface area contributed by atoms with E-state index >= 15 is 8.78 Å². The lowest BCUT2D eigenvalue weighted by atomic mass is 9.99. The maximum absolute atomic E-state index is 15.2. The maximum atomic E-state index is 15.2. The Morgan fingerprint density at radius 3 is 2.74 bits per heavy atom. The summed E-state index contributed by atoms with van der Waals surface area (Å²) in [5, 5.41) is 4.24. The van der Waals surface area contributed by atoms with Crippen molar-refractivity contribution in [1.82, 2.24) is 19.7 Å². The Labute approximate surface area is 183 Å². The number of aryl methyl sites for hydroxylation is 1. The van der Waals surface area contributed by atoms with Gasteiger partial charge in [-0.3, -0.25) is 14.5 Å². The molecule has 0 saturated heterocycles. The second-order valence-corrected chi connectivity index (χ2v) is 6.96. The van der Waals surface area contributed by atoms with Crippen molar-refractivity contribution in [2.24, 2.45) is 6.98 Å². The highest BCUT2D eigenvalue weighted by Gasteiger charge is 2.29. The molecule has 1 aliphatic rings. The van der Waals surface area contributed by atoms with E-state index in [-0.39, 0.29) is 28.1 Å². The Kier molecular flexibility index (Phi) is 3.29. The number of pyridine rings is 1. The van der Waals surface area contributed by atoms with Crippen LogP contribution < -0.4 is 4.74 Å². The minimum absolute atomic E-state index is 0.0341. The molecule has 0 N–H and O–H groups in total. The van der Waals surface area contributed by atoms with E-state index in [2.05, 4.69) is 10.1 Å². The number of fused-ring (bicyclic) bond motifs is 2. The maximum Gasteiger partial charge on any atom is 0.256 e. The molecule has 8 heteroatoms. The van der Waals surface area contributed by atoms with Crippen LogP contribution in [-0.4, -0.2) is 32.7 Å². The minimum atomic E-state index is -2.61. The predicted octanol–water partition coefficient (Wildman–Crippen LogP) is 4.08. The lowest BCUT2D eigenvalue weighted by Gasteiger charge is -2.17. The summed E-state index contributed by atoms with van der Waals surface area (Å²) in [5.41, 5.74) is -0.0130. The fourth-order valence-electron chi connectivity index (χ4n) is 3.70. The van der Waals surface area contributed by atoms with Gasteiger partial charge in [0.25, 0.3) is 5.91 Å². The second-order valence-electron chi connectivity index (χ2n) is 6.96. The monoisotopic (exact) mass is 425 g/mol. The average Bonchev–Trinajstić information content (AvgIpc) is 3.35. The molecule has 0 bridgehead atoms. The zero-order valence-electron chi connectivity index (χ0n) is 21.2. The van der Waals surface area contributed by atoms with Crippen LogP contribution in [-0.2, 0) is 20.0 Å². The van der Waals surface area contributed by atoms with Gasteiger partial charge in [0.15, 0.2) is 0 Å². The molecule has 2 aromatic heterocycles. The Hall–Kier alpha value is -3.81. The van der Waals surface area contributed by atoms with Gasteiger partial charge in [-0.15, -0.1) is 0 Å². The SMILES string of the molecule is [2H]C1([2H])c2ncccc2C(=O)N1Cc1c(F)cc(-c2ccc(OC)c3c2cnn3C([2H])([2H])[2H])cc1F. The zero-order chi connectivity index (χ0) is 26.0. The van der Waals surface area contributed by atoms with E-state index in [0.29, 0.717) is 10.9 Å². The number of ether oxygens (including phenoxy) is 1. The van der Waals surface area contributed by atoms with Gasteiger partial charge in [0.05, 0.1) is 40.3 Å². The third-order valence-corrected chi connectivity index (χ3v) is 5.21. The van der Waals surface area contributed by atoms with E-state index in [1.807, 2.05) is 0 Å². The normalized spacial score (nSPS) is 17.6. The number of amides is 1. The third-order valence-electron chi connectivity index (χ3n) is 5.21. The first-order valence-electron chi connectivity index (χ1n) is 11.8. The van der Waals surface area contributed by atoms with Gasteiger partial charge >= 0.3 is 0 Å².